The fourth-order valence-corrected chi connectivity index (χ4v) is 3.58. The van der Waals surface area contributed by atoms with Gasteiger partial charge in [0.15, 0.2) is 0 Å². The summed E-state index contributed by atoms with van der Waals surface area (Å²) in [6, 6.07) is 5.12. The number of nitrogens with one attached hydrogen (secondary N) is 1. The van der Waals surface area contributed by atoms with Crippen LogP contribution in [0.4, 0.5) is 5.69 Å². The van der Waals surface area contributed by atoms with Gasteiger partial charge in [-0.05, 0) is 49.9 Å². The highest BCUT2D eigenvalue weighted by Gasteiger charge is 2.33. The number of hydrogen-bond donors (Lipinski definition) is 2. The van der Waals surface area contributed by atoms with Gasteiger partial charge in [-0.15, -0.1) is 12.4 Å². The smallest absolute Gasteiger partial charge is 0.253 e. The van der Waals surface area contributed by atoms with Crippen molar-refractivity contribution in [1.29, 1.82) is 0 Å². The molecule has 1 aliphatic carbocycles. The van der Waals surface area contributed by atoms with Gasteiger partial charge in [-0.3, -0.25) is 9.59 Å². The number of halogens is 1. The second kappa shape index (κ2) is 10.5. The van der Waals surface area contributed by atoms with E-state index in [1.165, 1.54) is 11.3 Å². The number of ether oxygens (including phenoxy) is 1. The summed E-state index contributed by atoms with van der Waals surface area (Å²) >= 11 is 0. The van der Waals surface area contributed by atoms with Crippen molar-refractivity contribution in [2.24, 2.45) is 11.1 Å². The fraction of sp³-hybridized carbons (Fsp3) is 0.600. The molecule has 7 heteroatoms. The number of hydrogen-bond acceptors (Lipinski definition) is 4. The SMILES string of the molecule is CCOc1cc(C(=O)N(C)C)ccc1NC(=O)CC1(CN)CCCCC1.Cl. The summed E-state index contributed by atoms with van der Waals surface area (Å²) in [6.07, 6.45) is 5.93. The Morgan fingerprint density at radius 2 is 1.89 bits per heavy atom. The van der Waals surface area contributed by atoms with Gasteiger partial charge in [0, 0.05) is 26.1 Å². The van der Waals surface area contributed by atoms with Crippen LogP contribution in [0.25, 0.3) is 0 Å². The Morgan fingerprint density at radius 3 is 2.44 bits per heavy atom. The van der Waals surface area contributed by atoms with Crippen LogP contribution >= 0.6 is 12.4 Å². The van der Waals surface area contributed by atoms with Crippen LogP contribution in [0.15, 0.2) is 18.2 Å². The molecule has 0 bridgehead atoms. The molecule has 0 unspecified atom stereocenters. The van der Waals surface area contributed by atoms with Crippen LogP contribution in [-0.4, -0.2) is 44.0 Å². The molecule has 3 N–H and O–H groups in total. The lowest BCUT2D eigenvalue weighted by molar-refractivity contribution is -0.118. The number of nitrogens with two attached hydrogens (primary N) is 1. The Labute approximate surface area is 168 Å². The zero-order valence-electron chi connectivity index (χ0n) is 16.5. The predicted molar refractivity (Wildman–Crippen MR) is 111 cm³/mol. The second-order valence-corrected chi connectivity index (χ2v) is 7.33. The van der Waals surface area contributed by atoms with Crippen LogP contribution in [0.2, 0.25) is 0 Å². The van der Waals surface area contributed by atoms with Gasteiger partial charge >= 0.3 is 0 Å². The van der Waals surface area contributed by atoms with Gasteiger partial charge in [0.1, 0.15) is 5.75 Å². The van der Waals surface area contributed by atoms with E-state index in [-0.39, 0.29) is 29.6 Å². The van der Waals surface area contributed by atoms with Crippen LogP contribution in [0, 0.1) is 5.41 Å². The molecule has 0 aromatic heterocycles. The molecule has 1 aromatic rings. The van der Waals surface area contributed by atoms with Gasteiger partial charge in [0.2, 0.25) is 5.91 Å². The van der Waals surface area contributed by atoms with E-state index in [4.69, 9.17) is 10.5 Å². The molecule has 0 radical (unpaired) electrons. The van der Waals surface area contributed by atoms with E-state index in [0.717, 1.165) is 25.7 Å². The summed E-state index contributed by atoms with van der Waals surface area (Å²) in [5.41, 5.74) is 7.03. The minimum atomic E-state index is -0.104. The van der Waals surface area contributed by atoms with E-state index in [1.807, 2.05) is 6.92 Å². The van der Waals surface area contributed by atoms with Gasteiger partial charge in [-0.1, -0.05) is 19.3 Å². The third-order valence-corrected chi connectivity index (χ3v) is 5.09. The second-order valence-electron chi connectivity index (χ2n) is 7.33. The monoisotopic (exact) mass is 397 g/mol. The Balaban J connectivity index is 0.00000364. The van der Waals surface area contributed by atoms with Crippen LogP contribution in [0.5, 0.6) is 5.75 Å². The summed E-state index contributed by atoms with van der Waals surface area (Å²) in [5.74, 6) is 0.358. The molecule has 2 amide bonds. The largest absolute Gasteiger partial charge is 0.492 e. The molecule has 0 spiro atoms. The molecule has 6 nitrogen and oxygen atoms in total. The zero-order chi connectivity index (χ0) is 19.2. The van der Waals surface area contributed by atoms with Crippen LogP contribution in [0.3, 0.4) is 0 Å². The molecule has 1 aromatic carbocycles. The van der Waals surface area contributed by atoms with Crippen molar-refractivity contribution in [2.75, 3.05) is 32.6 Å². The number of rotatable bonds is 7. The van der Waals surface area contributed by atoms with Gasteiger partial charge in [0.05, 0.1) is 12.3 Å². The maximum absolute atomic E-state index is 12.6. The van der Waals surface area contributed by atoms with Gasteiger partial charge < -0.3 is 20.7 Å². The summed E-state index contributed by atoms with van der Waals surface area (Å²) < 4.78 is 5.64. The molecule has 1 aliphatic rings. The number of anilines is 1. The van der Waals surface area contributed by atoms with Crippen molar-refractivity contribution in [1.82, 2.24) is 4.90 Å². The molecular weight excluding hydrogens is 366 g/mol. The lowest BCUT2D eigenvalue weighted by Gasteiger charge is -2.35. The predicted octanol–water partition coefficient (Wildman–Crippen LogP) is 3.45. The summed E-state index contributed by atoms with van der Waals surface area (Å²) in [7, 11) is 3.41. The number of nitrogens with zero attached hydrogens (tertiary/aromatic N) is 1. The van der Waals surface area contributed by atoms with Crippen molar-refractivity contribution in [3.05, 3.63) is 23.8 Å². The molecule has 0 aliphatic heterocycles. The minimum Gasteiger partial charge on any atom is -0.492 e. The van der Waals surface area contributed by atoms with Crippen molar-refractivity contribution >= 4 is 29.9 Å². The highest BCUT2D eigenvalue weighted by molar-refractivity contribution is 5.97. The molecular formula is C20H32ClN3O3. The van der Waals surface area contributed by atoms with Gasteiger partial charge in [-0.25, -0.2) is 0 Å². The topological polar surface area (TPSA) is 84.7 Å². The summed E-state index contributed by atoms with van der Waals surface area (Å²) in [6.45, 7) is 2.86. The zero-order valence-corrected chi connectivity index (χ0v) is 17.4. The van der Waals surface area contributed by atoms with E-state index < -0.39 is 0 Å². The molecule has 0 atom stereocenters. The van der Waals surface area contributed by atoms with E-state index in [0.29, 0.717) is 36.6 Å². The first-order valence-corrected chi connectivity index (χ1v) is 9.39. The summed E-state index contributed by atoms with van der Waals surface area (Å²) in [5, 5.41) is 2.95. The van der Waals surface area contributed by atoms with Crippen molar-refractivity contribution in [3.63, 3.8) is 0 Å². The Bertz CT molecular complexity index is 643. The molecule has 2 rings (SSSR count). The average Bonchev–Trinajstić information content (AvgIpc) is 2.63. The third-order valence-electron chi connectivity index (χ3n) is 5.09. The number of amides is 2. The minimum absolute atomic E-state index is 0. The fourth-order valence-electron chi connectivity index (χ4n) is 3.58. The van der Waals surface area contributed by atoms with Crippen LogP contribution in [0.1, 0.15) is 55.8 Å². The van der Waals surface area contributed by atoms with E-state index >= 15 is 0 Å². The Morgan fingerprint density at radius 1 is 1.22 bits per heavy atom. The molecule has 1 fully saturated rings. The molecule has 0 saturated heterocycles. The standard InChI is InChI=1S/C20H31N3O3.ClH/c1-4-26-17-12-15(19(25)23(2)3)8-9-16(17)22-18(24)13-20(14-21)10-6-5-7-11-20;/h8-9,12H,4-7,10-11,13-14,21H2,1-3H3,(H,22,24);1H. The number of carbonyl (C=O) groups is 2. The molecule has 152 valence electrons. The van der Waals surface area contributed by atoms with Crippen molar-refractivity contribution in [3.8, 4) is 5.75 Å². The lowest BCUT2D eigenvalue weighted by atomic mass is 9.71. The van der Waals surface area contributed by atoms with E-state index in [9.17, 15) is 9.59 Å². The summed E-state index contributed by atoms with van der Waals surface area (Å²) in [4.78, 5) is 26.3. The maximum Gasteiger partial charge on any atom is 0.253 e. The first-order valence-electron chi connectivity index (χ1n) is 9.39. The van der Waals surface area contributed by atoms with Gasteiger partial charge in [-0.2, -0.15) is 0 Å². The van der Waals surface area contributed by atoms with E-state index in [2.05, 4.69) is 5.32 Å². The number of benzene rings is 1. The third kappa shape index (κ3) is 6.11. The Hall–Kier alpha value is -1.79. The van der Waals surface area contributed by atoms with Crippen molar-refractivity contribution < 1.29 is 14.3 Å². The van der Waals surface area contributed by atoms with Crippen LogP contribution in [-0.2, 0) is 4.79 Å². The van der Waals surface area contributed by atoms with Crippen LogP contribution < -0.4 is 15.8 Å². The molecule has 27 heavy (non-hydrogen) atoms. The molecule has 0 heterocycles. The van der Waals surface area contributed by atoms with Crippen molar-refractivity contribution in [2.45, 2.75) is 45.4 Å². The highest BCUT2D eigenvalue weighted by atomic mass is 35.5. The highest BCUT2D eigenvalue weighted by Crippen LogP contribution is 2.39. The van der Waals surface area contributed by atoms with E-state index in [1.54, 1.807) is 32.3 Å². The first kappa shape index (κ1) is 23.2. The first-order chi connectivity index (χ1) is 12.4. The number of carbonyl (C=O) groups excluding carboxylic acids is 2. The van der Waals surface area contributed by atoms with Gasteiger partial charge in [0.25, 0.3) is 5.91 Å². The Kier molecular flexibility index (Phi) is 9.06. The molecule has 1 saturated carbocycles. The quantitative estimate of drug-likeness (QED) is 0.737. The maximum atomic E-state index is 12.6. The average molecular weight is 398 g/mol. The lowest BCUT2D eigenvalue weighted by Crippen LogP contribution is -2.36. The normalized spacial score (nSPS) is 15.4.